The first kappa shape index (κ1) is 9.83. The van der Waals surface area contributed by atoms with E-state index in [-0.39, 0.29) is 0 Å². The number of Topliss-reactive ketones (excluding diaryl/α,β-unsaturated/α-hetero) is 1. The van der Waals surface area contributed by atoms with Gasteiger partial charge in [-0.1, -0.05) is 13.3 Å². The predicted molar refractivity (Wildman–Crippen MR) is 59.7 cm³/mol. The minimum absolute atomic E-state index is 0.522. The molecule has 0 amide bonds. The Bertz CT molecular complexity index is 254. The van der Waals surface area contributed by atoms with E-state index >= 15 is 0 Å². The van der Waals surface area contributed by atoms with Crippen molar-refractivity contribution in [3.8, 4) is 0 Å². The molecule has 3 rings (SSSR count). The Labute approximate surface area is 92.0 Å². The van der Waals surface area contributed by atoms with Crippen LogP contribution < -0.4 is 0 Å². The summed E-state index contributed by atoms with van der Waals surface area (Å²) in [5, 5.41) is 0. The Morgan fingerprint density at radius 3 is 2.20 bits per heavy atom. The zero-order valence-electron chi connectivity index (χ0n) is 9.61. The number of nitrogens with zero attached hydrogens (tertiary/aromatic N) is 1. The van der Waals surface area contributed by atoms with Crippen molar-refractivity contribution in [3.05, 3.63) is 0 Å². The Morgan fingerprint density at radius 2 is 1.67 bits per heavy atom. The number of hydrogen-bond acceptors (Lipinski definition) is 2. The van der Waals surface area contributed by atoms with Gasteiger partial charge in [0, 0.05) is 31.0 Å². The molecule has 0 radical (unpaired) electrons. The first-order valence-corrected chi connectivity index (χ1v) is 6.53. The van der Waals surface area contributed by atoms with E-state index in [1.807, 2.05) is 0 Å². The second-order valence-corrected chi connectivity index (χ2v) is 5.86. The van der Waals surface area contributed by atoms with Gasteiger partial charge in [-0.25, -0.2) is 0 Å². The van der Waals surface area contributed by atoms with Gasteiger partial charge in [0.25, 0.3) is 0 Å². The van der Waals surface area contributed by atoms with Crippen LogP contribution in [0.2, 0.25) is 0 Å². The van der Waals surface area contributed by atoms with Crippen LogP contribution in [0, 0.1) is 5.92 Å². The number of fused-ring (bicyclic) bond motifs is 2. The Balaban J connectivity index is 1.74. The van der Waals surface area contributed by atoms with E-state index in [9.17, 15) is 4.79 Å². The summed E-state index contributed by atoms with van der Waals surface area (Å²) >= 11 is 0. The van der Waals surface area contributed by atoms with Gasteiger partial charge >= 0.3 is 0 Å². The van der Waals surface area contributed by atoms with Crippen molar-refractivity contribution in [1.82, 2.24) is 4.90 Å². The van der Waals surface area contributed by atoms with Gasteiger partial charge in [-0.05, 0) is 31.6 Å². The molecule has 0 aromatic carbocycles. The van der Waals surface area contributed by atoms with E-state index in [4.69, 9.17) is 0 Å². The zero-order valence-corrected chi connectivity index (χ0v) is 9.61. The maximum atomic E-state index is 11.6. The molecule has 2 nitrogen and oxygen atoms in total. The van der Waals surface area contributed by atoms with E-state index in [0.717, 1.165) is 24.8 Å². The Hall–Kier alpha value is -0.370. The average molecular weight is 207 g/mol. The quantitative estimate of drug-likeness (QED) is 0.658. The molecule has 0 N–H and O–H groups in total. The molecular formula is C13H21NO. The van der Waals surface area contributed by atoms with Crippen molar-refractivity contribution in [1.29, 1.82) is 0 Å². The molecule has 0 aromatic rings. The molecule has 2 atom stereocenters. The molecule has 2 heteroatoms. The fourth-order valence-electron chi connectivity index (χ4n) is 3.91. The molecule has 3 fully saturated rings. The van der Waals surface area contributed by atoms with E-state index in [1.54, 1.807) is 0 Å². The normalized spacial score (nSPS) is 46.3. The summed E-state index contributed by atoms with van der Waals surface area (Å²) in [4.78, 5) is 14.3. The highest BCUT2D eigenvalue weighted by Crippen LogP contribution is 2.41. The van der Waals surface area contributed by atoms with Crippen LogP contribution in [-0.2, 0) is 4.79 Å². The summed E-state index contributed by atoms with van der Waals surface area (Å²) in [5.74, 6) is 1.45. The lowest BCUT2D eigenvalue weighted by Gasteiger charge is -2.53. The summed E-state index contributed by atoms with van der Waals surface area (Å²) in [6.45, 7) is 2.35. The van der Waals surface area contributed by atoms with E-state index in [2.05, 4.69) is 11.8 Å². The van der Waals surface area contributed by atoms with Crippen LogP contribution in [0.1, 0.15) is 51.9 Å². The number of hydrogen-bond donors (Lipinski definition) is 0. The standard InChI is InChI=1S/C13H21NO/c1-9-5-12(6-9)14-10-3-2-4-11(14)8-13(15)7-10/h9-12H,2-8H2,1H3. The van der Waals surface area contributed by atoms with Gasteiger partial charge in [0.2, 0.25) is 0 Å². The summed E-state index contributed by atoms with van der Waals surface area (Å²) in [5.41, 5.74) is 0. The molecule has 0 spiro atoms. The molecule has 1 aliphatic carbocycles. The second-order valence-electron chi connectivity index (χ2n) is 5.86. The van der Waals surface area contributed by atoms with Crippen LogP contribution in [0.25, 0.3) is 0 Å². The molecule has 2 bridgehead atoms. The fourth-order valence-corrected chi connectivity index (χ4v) is 3.91. The molecule has 2 saturated heterocycles. The van der Waals surface area contributed by atoms with Crippen molar-refractivity contribution in [2.75, 3.05) is 0 Å². The minimum Gasteiger partial charge on any atom is -0.300 e. The third-order valence-electron chi connectivity index (χ3n) is 4.62. The highest BCUT2D eigenvalue weighted by molar-refractivity contribution is 5.80. The van der Waals surface area contributed by atoms with E-state index < -0.39 is 0 Å². The maximum absolute atomic E-state index is 11.6. The van der Waals surface area contributed by atoms with Crippen LogP contribution in [0.15, 0.2) is 0 Å². The van der Waals surface area contributed by atoms with Crippen molar-refractivity contribution in [3.63, 3.8) is 0 Å². The fraction of sp³-hybridized carbons (Fsp3) is 0.923. The molecule has 2 heterocycles. The first-order chi connectivity index (χ1) is 7.24. The van der Waals surface area contributed by atoms with Crippen molar-refractivity contribution in [2.24, 2.45) is 5.92 Å². The summed E-state index contributed by atoms with van der Waals surface area (Å²) in [6, 6.07) is 2.05. The van der Waals surface area contributed by atoms with Gasteiger partial charge in [0.1, 0.15) is 5.78 Å². The lowest BCUT2D eigenvalue weighted by molar-refractivity contribution is -0.131. The molecule has 15 heavy (non-hydrogen) atoms. The number of piperidine rings is 2. The van der Waals surface area contributed by atoms with Crippen LogP contribution in [0.3, 0.4) is 0 Å². The highest BCUT2D eigenvalue weighted by Gasteiger charge is 2.44. The Kier molecular flexibility index (Phi) is 2.35. The number of carbonyl (C=O) groups excluding carboxylic acids is 1. The number of rotatable bonds is 1. The van der Waals surface area contributed by atoms with Crippen molar-refractivity contribution < 1.29 is 4.79 Å². The van der Waals surface area contributed by atoms with Gasteiger partial charge in [0.15, 0.2) is 0 Å². The van der Waals surface area contributed by atoms with Gasteiger partial charge in [-0.2, -0.15) is 0 Å². The van der Waals surface area contributed by atoms with Gasteiger partial charge < -0.3 is 0 Å². The molecule has 2 unspecified atom stereocenters. The van der Waals surface area contributed by atoms with Gasteiger partial charge in [-0.15, -0.1) is 0 Å². The third kappa shape index (κ3) is 1.63. The summed E-state index contributed by atoms with van der Waals surface area (Å²) in [7, 11) is 0. The third-order valence-corrected chi connectivity index (χ3v) is 4.62. The molecule has 0 aromatic heterocycles. The van der Waals surface area contributed by atoms with Gasteiger partial charge in [-0.3, -0.25) is 9.69 Å². The SMILES string of the molecule is CC1CC(N2C3CCCC2CC(=O)C3)C1. The van der Waals surface area contributed by atoms with Crippen molar-refractivity contribution in [2.45, 2.75) is 70.0 Å². The Morgan fingerprint density at radius 1 is 1.07 bits per heavy atom. The van der Waals surface area contributed by atoms with Gasteiger partial charge in [0.05, 0.1) is 0 Å². The molecule has 1 saturated carbocycles. The maximum Gasteiger partial charge on any atom is 0.136 e. The van der Waals surface area contributed by atoms with Crippen LogP contribution in [0.5, 0.6) is 0 Å². The van der Waals surface area contributed by atoms with Crippen LogP contribution >= 0.6 is 0 Å². The molecule has 84 valence electrons. The van der Waals surface area contributed by atoms with Crippen LogP contribution in [0.4, 0.5) is 0 Å². The summed E-state index contributed by atoms with van der Waals surface area (Å²) in [6.07, 6.45) is 8.34. The van der Waals surface area contributed by atoms with Crippen molar-refractivity contribution >= 4 is 5.78 Å². The average Bonchev–Trinajstić information content (AvgIpc) is 2.12. The van der Waals surface area contributed by atoms with E-state index in [0.29, 0.717) is 17.9 Å². The molecular weight excluding hydrogens is 186 g/mol. The topological polar surface area (TPSA) is 20.3 Å². The largest absolute Gasteiger partial charge is 0.300 e. The number of ketones is 1. The monoisotopic (exact) mass is 207 g/mol. The molecule has 3 aliphatic rings. The zero-order chi connectivity index (χ0) is 10.4. The van der Waals surface area contributed by atoms with E-state index in [1.165, 1.54) is 32.1 Å². The second kappa shape index (κ2) is 3.58. The first-order valence-electron chi connectivity index (χ1n) is 6.53. The lowest BCUT2D eigenvalue weighted by Crippen LogP contribution is -2.59. The highest BCUT2D eigenvalue weighted by atomic mass is 16.1. The van der Waals surface area contributed by atoms with Crippen LogP contribution in [-0.4, -0.2) is 28.8 Å². The predicted octanol–water partition coefficient (Wildman–Crippen LogP) is 2.37. The number of carbonyl (C=O) groups is 1. The smallest absolute Gasteiger partial charge is 0.136 e. The summed E-state index contributed by atoms with van der Waals surface area (Å²) < 4.78 is 0. The minimum atomic E-state index is 0.522. The molecule has 2 aliphatic heterocycles. The lowest BCUT2D eigenvalue weighted by atomic mass is 9.75.